The maximum absolute atomic E-state index is 12.4. The van der Waals surface area contributed by atoms with E-state index in [9.17, 15) is 4.79 Å². The second kappa shape index (κ2) is 6.17. The minimum Gasteiger partial charge on any atom is -0.497 e. The van der Waals surface area contributed by atoms with Crippen molar-refractivity contribution in [3.05, 3.63) is 29.8 Å². The lowest BCUT2D eigenvalue weighted by atomic mass is 10.0. The first kappa shape index (κ1) is 14.0. The topological polar surface area (TPSA) is 38.8 Å². The third-order valence-corrected chi connectivity index (χ3v) is 3.47. The van der Waals surface area contributed by atoms with E-state index in [0.717, 1.165) is 6.54 Å². The Bertz CT molecular complexity index is 445. The van der Waals surface area contributed by atoms with Crippen LogP contribution in [0.5, 0.6) is 5.75 Å². The average molecular weight is 263 g/mol. The van der Waals surface area contributed by atoms with Crippen molar-refractivity contribution in [2.24, 2.45) is 0 Å². The fourth-order valence-corrected chi connectivity index (χ4v) is 2.26. The molecule has 4 nitrogen and oxygen atoms in total. The van der Waals surface area contributed by atoms with Gasteiger partial charge in [0.05, 0.1) is 13.7 Å². The minimum atomic E-state index is -0.372. The number of carbonyl (C=O) groups is 1. The summed E-state index contributed by atoms with van der Waals surface area (Å²) in [4.78, 5) is 14.7. The molecule has 1 unspecified atom stereocenters. The summed E-state index contributed by atoms with van der Waals surface area (Å²) in [6, 6.07) is 7.67. The van der Waals surface area contributed by atoms with Crippen molar-refractivity contribution in [2.75, 3.05) is 26.8 Å². The van der Waals surface area contributed by atoms with Crippen LogP contribution in [0.15, 0.2) is 24.3 Å². The number of hydrogen-bond acceptors (Lipinski definition) is 4. The molecule has 1 aromatic carbocycles. The average Bonchev–Trinajstić information content (AvgIpc) is 2.46. The summed E-state index contributed by atoms with van der Waals surface area (Å²) in [7, 11) is 1.60. The van der Waals surface area contributed by atoms with Crippen LogP contribution in [0.25, 0.3) is 0 Å². The van der Waals surface area contributed by atoms with E-state index in [1.54, 1.807) is 13.2 Å². The van der Waals surface area contributed by atoms with E-state index in [4.69, 9.17) is 9.47 Å². The summed E-state index contributed by atoms with van der Waals surface area (Å²) in [6.07, 6.45) is -0.372. The minimum absolute atomic E-state index is 0.0317. The van der Waals surface area contributed by atoms with Gasteiger partial charge in [-0.05, 0) is 26.0 Å². The number of ketones is 1. The number of nitrogens with zero attached hydrogens (tertiary/aromatic N) is 1. The van der Waals surface area contributed by atoms with Crippen LogP contribution in [0, 0.1) is 0 Å². The van der Waals surface area contributed by atoms with Gasteiger partial charge in [0.25, 0.3) is 0 Å². The summed E-state index contributed by atoms with van der Waals surface area (Å²) < 4.78 is 10.8. The highest BCUT2D eigenvalue weighted by Gasteiger charge is 2.28. The number of carbonyl (C=O) groups excluding carboxylic acids is 1. The summed E-state index contributed by atoms with van der Waals surface area (Å²) in [6.45, 7) is 6.43. The second-order valence-corrected chi connectivity index (χ2v) is 5.04. The highest BCUT2D eigenvalue weighted by atomic mass is 16.5. The Labute approximate surface area is 114 Å². The third-order valence-electron chi connectivity index (χ3n) is 3.47. The normalized spacial score (nSPS) is 20.5. The Hall–Kier alpha value is -1.39. The number of Topliss-reactive ketones (excluding diaryl/α,β-unsaturated/α-hetero) is 1. The van der Waals surface area contributed by atoms with Gasteiger partial charge in [0.1, 0.15) is 11.9 Å². The predicted octanol–water partition coefficient (Wildman–Crippen LogP) is 1.99. The predicted molar refractivity (Wildman–Crippen MR) is 73.8 cm³/mol. The lowest BCUT2D eigenvalue weighted by Gasteiger charge is -2.34. The van der Waals surface area contributed by atoms with Gasteiger partial charge in [0.15, 0.2) is 5.78 Å². The zero-order chi connectivity index (χ0) is 13.8. The molecule has 1 atom stereocenters. The van der Waals surface area contributed by atoms with Crippen molar-refractivity contribution in [2.45, 2.75) is 26.0 Å². The molecule has 2 rings (SSSR count). The number of morpholine rings is 1. The van der Waals surface area contributed by atoms with E-state index in [-0.39, 0.29) is 11.9 Å². The molecular weight excluding hydrogens is 242 g/mol. The van der Waals surface area contributed by atoms with Crippen molar-refractivity contribution in [1.29, 1.82) is 0 Å². The first-order valence-electron chi connectivity index (χ1n) is 6.65. The molecule has 0 radical (unpaired) electrons. The molecule has 19 heavy (non-hydrogen) atoms. The first-order valence-corrected chi connectivity index (χ1v) is 6.65. The number of benzene rings is 1. The van der Waals surface area contributed by atoms with Crippen LogP contribution in [-0.4, -0.2) is 49.6 Å². The molecule has 0 aromatic heterocycles. The maximum atomic E-state index is 12.4. The van der Waals surface area contributed by atoms with Crippen LogP contribution in [0.3, 0.4) is 0 Å². The summed E-state index contributed by atoms with van der Waals surface area (Å²) in [5, 5.41) is 0. The van der Waals surface area contributed by atoms with Crippen molar-refractivity contribution in [1.82, 2.24) is 4.90 Å². The largest absolute Gasteiger partial charge is 0.497 e. The van der Waals surface area contributed by atoms with Gasteiger partial charge < -0.3 is 9.47 Å². The van der Waals surface area contributed by atoms with Crippen LogP contribution in [0.2, 0.25) is 0 Å². The second-order valence-electron chi connectivity index (χ2n) is 5.04. The van der Waals surface area contributed by atoms with Gasteiger partial charge in [-0.3, -0.25) is 9.69 Å². The maximum Gasteiger partial charge on any atom is 0.193 e. The van der Waals surface area contributed by atoms with Crippen LogP contribution >= 0.6 is 0 Å². The Morgan fingerprint density at radius 1 is 1.47 bits per heavy atom. The first-order chi connectivity index (χ1) is 9.11. The zero-order valence-corrected chi connectivity index (χ0v) is 11.8. The SMILES string of the molecule is COc1cccc(C(=O)C2CN(C(C)C)CCO2)c1. The van der Waals surface area contributed by atoms with E-state index < -0.39 is 0 Å². The number of ether oxygens (including phenoxy) is 2. The molecule has 0 N–H and O–H groups in total. The van der Waals surface area contributed by atoms with E-state index in [1.807, 2.05) is 18.2 Å². The molecule has 1 saturated heterocycles. The van der Waals surface area contributed by atoms with Gasteiger partial charge in [-0.15, -0.1) is 0 Å². The van der Waals surface area contributed by atoms with Crippen LogP contribution in [-0.2, 0) is 4.74 Å². The summed E-state index contributed by atoms with van der Waals surface area (Å²) in [5.74, 6) is 0.728. The summed E-state index contributed by atoms with van der Waals surface area (Å²) >= 11 is 0. The smallest absolute Gasteiger partial charge is 0.193 e. The van der Waals surface area contributed by atoms with E-state index in [0.29, 0.717) is 30.5 Å². The van der Waals surface area contributed by atoms with Crippen LogP contribution in [0.1, 0.15) is 24.2 Å². The van der Waals surface area contributed by atoms with Gasteiger partial charge in [-0.25, -0.2) is 0 Å². The van der Waals surface area contributed by atoms with E-state index in [2.05, 4.69) is 18.7 Å². The molecule has 0 amide bonds. The molecule has 0 saturated carbocycles. The van der Waals surface area contributed by atoms with E-state index in [1.165, 1.54) is 0 Å². The highest BCUT2D eigenvalue weighted by molar-refractivity contribution is 6.00. The molecule has 104 valence electrons. The van der Waals surface area contributed by atoms with Gasteiger partial charge in [-0.2, -0.15) is 0 Å². The van der Waals surface area contributed by atoms with Gasteiger partial charge in [0.2, 0.25) is 0 Å². The summed E-state index contributed by atoms with van der Waals surface area (Å²) in [5.41, 5.74) is 0.648. The molecule has 0 bridgehead atoms. The van der Waals surface area contributed by atoms with Crippen LogP contribution < -0.4 is 4.74 Å². The number of hydrogen-bond donors (Lipinski definition) is 0. The number of rotatable bonds is 4. The fourth-order valence-electron chi connectivity index (χ4n) is 2.26. The Kier molecular flexibility index (Phi) is 4.56. The van der Waals surface area contributed by atoms with Gasteiger partial charge in [-0.1, -0.05) is 12.1 Å². The molecule has 1 heterocycles. The molecule has 1 aliphatic heterocycles. The fraction of sp³-hybridized carbons (Fsp3) is 0.533. The van der Waals surface area contributed by atoms with Crippen molar-refractivity contribution < 1.29 is 14.3 Å². The lowest BCUT2D eigenvalue weighted by molar-refractivity contribution is -0.0256. The monoisotopic (exact) mass is 263 g/mol. The van der Waals surface area contributed by atoms with Crippen molar-refractivity contribution >= 4 is 5.78 Å². The third kappa shape index (κ3) is 3.33. The molecule has 1 aliphatic rings. The van der Waals surface area contributed by atoms with Crippen molar-refractivity contribution in [3.63, 3.8) is 0 Å². The number of methoxy groups -OCH3 is 1. The van der Waals surface area contributed by atoms with Crippen molar-refractivity contribution in [3.8, 4) is 5.75 Å². The van der Waals surface area contributed by atoms with Gasteiger partial charge in [0, 0.05) is 24.7 Å². The van der Waals surface area contributed by atoms with Crippen LogP contribution in [0.4, 0.5) is 0 Å². The lowest BCUT2D eigenvalue weighted by Crippen LogP contribution is -2.48. The molecule has 0 aliphatic carbocycles. The molecule has 0 spiro atoms. The highest BCUT2D eigenvalue weighted by Crippen LogP contribution is 2.17. The molecule has 4 heteroatoms. The zero-order valence-electron chi connectivity index (χ0n) is 11.8. The molecule has 1 aromatic rings. The van der Waals surface area contributed by atoms with Gasteiger partial charge >= 0.3 is 0 Å². The Morgan fingerprint density at radius 2 is 2.26 bits per heavy atom. The molecular formula is C15H21NO3. The standard InChI is InChI=1S/C15H21NO3/c1-11(2)16-7-8-19-14(10-16)15(17)12-5-4-6-13(9-12)18-3/h4-6,9,11,14H,7-8,10H2,1-3H3. The Morgan fingerprint density at radius 3 is 2.95 bits per heavy atom. The quantitative estimate of drug-likeness (QED) is 0.779. The van der Waals surface area contributed by atoms with E-state index >= 15 is 0 Å². The molecule has 1 fully saturated rings. The Balaban J connectivity index is 2.10.